The van der Waals surface area contributed by atoms with Crippen molar-refractivity contribution in [2.45, 2.75) is 100 Å². The fourth-order valence-corrected chi connectivity index (χ4v) is 14.5. The number of hydrogen-bond acceptors (Lipinski definition) is 33. The number of halogens is 1. The Morgan fingerprint density at radius 3 is 1.15 bits per heavy atom. The number of ether oxygens (including phenoxy) is 1. The number of nitrogen functional groups attached to an aromatic ring is 5. The van der Waals surface area contributed by atoms with Crippen LogP contribution in [0.25, 0.3) is 0 Å². The van der Waals surface area contributed by atoms with Crippen LogP contribution in [0.5, 0.6) is 5.75 Å². The van der Waals surface area contributed by atoms with Gasteiger partial charge in [0, 0.05) is 119 Å². The molecule has 0 radical (unpaired) electrons. The maximum absolute atomic E-state index is 13.3. The van der Waals surface area contributed by atoms with E-state index in [4.69, 9.17) is 33.4 Å². The van der Waals surface area contributed by atoms with Crippen LogP contribution in [0.4, 0.5) is 98.0 Å². The highest BCUT2D eigenvalue weighted by molar-refractivity contribution is 5.60. The van der Waals surface area contributed by atoms with Crippen LogP contribution >= 0.6 is 0 Å². The molecule has 17 rings (SSSR count). The molecule has 0 bridgehead atoms. The summed E-state index contributed by atoms with van der Waals surface area (Å²) in [6, 6.07) is 71.9. The summed E-state index contributed by atoms with van der Waals surface area (Å²) >= 11 is 0. The Hall–Kier alpha value is -14.7. The van der Waals surface area contributed by atoms with Crippen LogP contribution in [0, 0.1) is 47.4 Å². The minimum atomic E-state index is -0.245. The second kappa shape index (κ2) is 46.4. The molecular weight excluding hydrogens is 1650 g/mol. The molecule has 14 aromatic rings. The van der Waals surface area contributed by atoms with E-state index in [2.05, 4.69) is 226 Å². The fraction of sp³-hybridized carbons (Fsp3) is 0.289. The van der Waals surface area contributed by atoms with Gasteiger partial charge in [-0.05, 0) is 176 Å². The van der Waals surface area contributed by atoms with Gasteiger partial charge in [-0.25, -0.2) is 4.39 Å². The standard InChI is InChI=1S/C22H27N7O.C20H22N6.C20H24N6.C19H21FN6.C16H23N7/c1-16-6-8-17(9-7-16)24-22-26-20(25-21(23)27-22)15-28-10-12-29(13-11-28)18-4-3-5-19(14-18)30-2;1-14-6-8-17(9-7-14)22-20-24-18(23-19(21)25-20)13-26-11-10-15-4-2-3-5-16(15)12-26;1-14-8-10-16(11-9-14)12-26(3)13-18-23-19(21)25-20(24-18)22-17-7-5-4-6-15(17)2;1-13-6-8-16(9-7-13)22-19-24-17(23-18(21)25-19)12-26(2)11-14-4-3-5-15(20)10-14;1-12-3-5-13(6-4-12)18-16-20-14(19-15(17)21-16)11-23-9-7-22(2)8-10-23/h3-9,14H,10-13,15H2,1-2H3,(H3,23,24,25,26,27);2-9H,10-13H2,1H3,(H3,21,22,23,24,25);4-11H,12-13H2,1-3H3,(H3,21,22,23,24,25);3-10H,11-12H2,1-2H3,(H3,21,22,23,24,25);3-6H,7-11H2,1-2H3,(H3,17,18,19,20,21). The molecular formula is C97H117FN32O. The summed E-state index contributed by atoms with van der Waals surface area (Å²) < 4.78 is 18.6. The lowest BCUT2D eigenvalue weighted by Crippen LogP contribution is -2.46. The first-order chi connectivity index (χ1) is 63.3. The van der Waals surface area contributed by atoms with Gasteiger partial charge in [-0.3, -0.25) is 24.5 Å². The largest absolute Gasteiger partial charge is 0.497 e. The van der Waals surface area contributed by atoms with Crippen LogP contribution in [-0.4, -0.2) is 191 Å². The van der Waals surface area contributed by atoms with Crippen molar-refractivity contribution in [3.8, 4) is 5.75 Å². The predicted octanol–water partition coefficient (Wildman–Crippen LogP) is 13.9. The van der Waals surface area contributed by atoms with E-state index in [1.165, 1.54) is 62.3 Å². The van der Waals surface area contributed by atoms with Crippen LogP contribution < -0.4 is 64.9 Å². The summed E-state index contributed by atoms with van der Waals surface area (Å²) in [6.07, 6.45) is 1.05. The quantitative estimate of drug-likeness (QED) is 0.0241. The number of para-hydroxylation sites is 1. The third kappa shape index (κ3) is 30.5. The average molecular weight is 1770 g/mol. The molecule has 0 unspecified atom stereocenters. The van der Waals surface area contributed by atoms with Crippen molar-refractivity contribution in [3.05, 3.63) is 309 Å². The molecule has 3 aliphatic heterocycles. The average Bonchev–Trinajstić information content (AvgIpc) is 0.721. The molecule has 8 heterocycles. The van der Waals surface area contributed by atoms with E-state index in [0.29, 0.717) is 98.1 Å². The first-order valence-corrected chi connectivity index (χ1v) is 43.5. The number of nitrogens with one attached hydrogen (secondary N) is 5. The molecule has 678 valence electrons. The molecule has 15 N–H and O–H groups in total. The molecule has 131 heavy (non-hydrogen) atoms. The third-order valence-electron chi connectivity index (χ3n) is 21.5. The van der Waals surface area contributed by atoms with Gasteiger partial charge in [-0.15, -0.1) is 0 Å². The molecule has 2 saturated heterocycles. The van der Waals surface area contributed by atoms with E-state index in [0.717, 1.165) is 124 Å². The number of aromatic nitrogens is 15. The van der Waals surface area contributed by atoms with Crippen molar-refractivity contribution in [3.63, 3.8) is 0 Å². The maximum atomic E-state index is 13.3. The number of rotatable bonds is 26. The Labute approximate surface area is 765 Å². The van der Waals surface area contributed by atoms with Gasteiger partial charge in [-0.2, -0.15) is 74.8 Å². The normalized spacial score (nSPS) is 13.3. The summed E-state index contributed by atoms with van der Waals surface area (Å²) in [4.78, 5) is 80.7. The summed E-state index contributed by atoms with van der Waals surface area (Å²) in [5, 5.41) is 16.0. The van der Waals surface area contributed by atoms with Gasteiger partial charge < -0.3 is 69.8 Å². The van der Waals surface area contributed by atoms with Gasteiger partial charge in [0.25, 0.3) is 0 Å². The maximum Gasteiger partial charge on any atom is 0.232 e. The monoisotopic (exact) mass is 1770 g/mol. The number of nitrogens with two attached hydrogens (primary N) is 5. The van der Waals surface area contributed by atoms with E-state index in [1.54, 1.807) is 13.2 Å². The Bertz CT molecular complexity index is 5990. The minimum absolute atomic E-state index is 0.156. The smallest absolute Gasteiger partial charge is 0.232 e. The van der Waals surface area contributed by atoms with Gasteiger partial charge in [0.1, 0.15) is 40.7 Å². The van der Waals surface area contributed by atoms with Crippen molar-refractivity contribution in [1.29, 1.82) is 0 Å². The van der Waals surface area contributed by atoms with Crippen LogP contribution in [0.2, 0.25) is 0 Å². The number of benzene rings is 9. The van der Waals surface area contributed by atoms with Crippen molar-refractivity contribution < 1.29 is 9.13 Å². The van der Waals surface area contributed by atoms with Gasteiger partial charge in [-0.1, -0.05) is 161 Å². The first-order valence-electron chi connectivity index (χ1n) is 43.5. The zero-order chi connectivity index (χ0) is 92.1. The minimum Gasteiger partial charge on any atom is -0.497 e. The van der Waals surface area contributed by atoms with E-state index < -0.39 is 0 Å². The molecule has 0 amide bonds. The number of hydrogen-bond donors (Lipinski definition) is 10. The topological polar surface area (TPSA) is 416 Å². The number of piperazine rings is 2. The van der Waals surface area contributed by atoms with Crippen LogP contribution in [-0.2, 0) is 58.8 Å². The fourth-order valence-electron chi connectivity index (χ4n) is 14.5. The summed E-state index contributed by atoms with van der Waals surface area (Å²) in [5.41, 5.74) is 47.2. The molecule has 0 aliphatic carbocycles. The number of anilines is 16. The highest BCUT2D eigenvalue weighted by Crippen LogP contribution is 2.27. The van der Waals surface area contributed by atoms with E-state index in [1.807, 2.05) is 172 Å². The lowest BCUT2D eigenvalue weighted by Gasteiger charge is -2.35. The number of aryl methyl sites for hydroxylation is 6. The molecule has 0 atom stereocenters. The van der Waals surface area contributed by atoms with Gasteiger partial charge in [0.05, 0.1) is 39.8 Å². The predicted molar refractivity (Wildman–Crippen MR) is 519 cm³/mol. The third-order valence-corrected chi connectivity index (χ3v) is 21.5. The Morgan fingerprint density at radius 1 is 0.344 bits per heavy atom. The van der Waals surface area contributed by atoms with Crippen molar-refractivity contribution in [2.75, 3.05) is 147 Å². The molecule has 2 fully saturated rings. The van der Waals surface area contributed by atoms with Crippen molar-refractivity contribution >= 4 is 93.6 Å². The summed E-state index contributed by atoms with van der Waals surface area (Å²) in [6.45, 7) is 26.5. The second-order valence-corrected chi connectivity index (χ2v) is 32.8. The Kier molecular flexibility index (Phi) is 33.2. The van der Waals surface area contributed by atoms with Crippen LogP contribution in [0.15, 0.2) is 218 Å². The number of likely N-dealkylation sites (N-methyl/N-ethyl adjacent to an activating group) is 1. The van der Waals surface area contributed by atoms with Crippen molar-refractivity contribution in [2.24, 2.45) is 0 Å². The van der Waals surface area contributed by atoms with Crippen LogP contribution in [0.3, 0.4) is 0 Å². The van der Waals surface area contributed by atoms with Gasteiger partial charge in [0.15, 0.2) is 0 Å². The molecule has 3 aliphatic rings. The van der Waals surface area contributed by atoms with E-state index in [9.17, 15) is 4.39 Å². The van der Waals surface area contributed by atoms with Crippen LogP contribution in [0.1, 0.15) is 84.8 Å². The molecule has 34 heteroatoms. The molecule has 5 aromatic heterocycles. The first kappa shape index (κ1) is 93.9. The Morgan fingerprint density at radius 2 is 0.718 bits per heavy atom. The highest BCUT2D eigenvalue weighted by atomic mass is 19.1. The molecule has 33 nitrogen and oxygen atoms in total. The summed E-state index contributed by atoms with van der Waals surface area (Å²) in [7, 11) is 7.79. The summed E-state index contributed by atoms with van der Waals surface area (Å²) in [5.74, 6) is 7.28. The molecule has 9 aromatic carbocycles. The van der Waals surface area contributed by atoms with Gasteiger partial charge in [0.2, 0.25) is 59.5 Å². The molecule has 0 spiro atoms. The Balaban J connectivity index is 0.000000140. The van der Waals surface area contributed by atoms with Gasteiger partial charge >= 0.3 is 0 Å². The number of nitrogens with zero attached hydrogens (tertiary/aromatic N) is 22. The zero-order valence-corrected chi connectivity index (χ0v) is 76.0. The number of methoxy groups -OCH3 is 1. The van der Waals surface area contributed by atoms with E-state index >= 15 is 0 Å². The zero-order valence-electron chi connectivity index (χ0n) is 76.0. The SMILES string of the molecule is COc1cccc(N2CCN(Cc3nc(N)nc(Nc4ccc(C)cc4)n3)CC2)c1.Cc1ccc(CN(C)Cc2nc(N)nc(Nc3ccccc3C)n2)cc1.Cc1ccc(Nc2nc(N)nc(CN(C)Cc3cccc(F)c3)n2)cc1.Cc1ccc(Nc2nc(N)nc(CN3CCN(C)CC3)n2)cc1.Cc1ccc(Nc2nc(N)nc(CN3CCc4ccccc4C3)n2)cc1. The highest BCUT2D eigenvalue weighted by Gasteiger charge is 2.23. The van der Waals surface area contributed by atoms with E-state index in [-0.39, 0.29) is 35.6 Å². The lowest BCUT2D eigenvalue weighted by atomic mass is 10.00. The lowest BCUT2D eigenvalue weighted by molar-refractivity contribution is 0.145. The second-order valence-electron chi connectivity index (χ2n) is 32.8. The van der Waals surface area contributed by atoms with Crippen molar-refractivity contribution in [1.82, 2.24) is 104 Å². The number of fused-ring (bicyclic) bond motifs is 1. The molecule has 0 saturated carbocycles.